The molecule has 0 aliphatic carbocycles. The Kier molecular flexibility index (Phi) is 3.53. The SMILES string of the molecule is Cc1ccc(-c2cc(C(C)C)n(C(C)(C)C)n2)cc1. The predicted molar refractivity (Wildman–Crippen MR) is 81.5 cm³/mol. The molecule has 0 saturated carbocycles. The van der Waals surface area contributed by atoms with E-state index >= 15 is 0 Å². The van der Waals surface area contributed by atoms with Crippen molar-refractivity contribution in [1.82, 2.24) is 9.78 Å². The Morgan fingerprint density at radius 1 is 1.05 bits per heavy atom. The number of benzene rings is 1. The zero-order valence-corrected chi connectivity index (χ0v) is 12.9. The van der Waals surface area contributed by atoms with Crippen LogP contribution in [0.2, 0.25) is 0 Å². The molecule has 0 saturated heterocycles. The lowest BCUT2D eigenvalue weighted by atomic mass is 10.0. The van der Waals surface area contributed by atoms with E-state index in [0.29, 0.717) is 5.92 Å². The number of aryl methyl sites for hydroxylation is 1. The largest absolute Gasteiger partial charge is 0.263 e. The van der Waals surface area contributed by atoms with Crippen LogP contribution in [0, 0.1) is 6.92 Å². The number of hydrogen-bond acceptors (Lipinski definition) is 1. The summed E-state index contributed by atoms with van der Waals surface area (Å²) < 4.78 is 2.16. The first-order chi connectivity index (χ1) is 8.79. The lowest BCUT2D eigenvalue weighted by Crippen LogP contribution is -2.25. The van der Waals surface area contributed by atoms with Gasteiger partial charge in [0, 0.05) is 11.3 Å². The summed E-state index contributed by atoms with van der Waals surface area (Å²) in [5, 5.41) is 4.82. The van der Waals surface area contributed by atoms with Gasteiger partial charge in [0.25, 0.3) is 0 Å². The van der Waals surface area contributed by atoms with Crippen molar-refractivity contribution in [2.45, 2.75) is 53.0 Å². The first-order valence-electron chi connectivity index (χ1n) is 6.96. The van der Waals surface area contributed by atoms with Crippen LogP contribution >= 0.6 is 0 Å². The highest BCUT2D eigenvalue weighted by molar-refractivity contribution is 5.60. The van der Waals surface area contributed by atoms with E-state index in [-0.39, 0.29) is 5.54 Å². The fourth-order valence-corrected chi connectivity index (χ4v) is 2.21. The lowest BCUT2D eigenvalue weighted by Gasteiger charge is -2.23. The third-order valence-electron chi connectivity index (χ3n) is 3.31. The summed E-state index contributed by atoms with van der Waals surface area (Å²) in [6.45, 7) is 13.1. The van der Waals surface area contributed by atoms with Crippen molar-refractivity contribution in [3.05, 3.63) is 41.6 Å². The monoisotopic (exact) mass is 256 g/mol. The molecule has 0 radical (unpaired) electrons. The van der Waals surface area contributed by atoms with E-state index in [2.05, 4.69) is 76.6 Å². The molecule has 102 valence electrons. The molecular weight excluding hydrogens is 232 g/mol. The normalized spacial score (nSPS) is 12.2. The van der Waals surface area contributed by atoms with Crippen molar-refractivity contribution in [3.8, 4) is 11.3 Å². The van der Waals surface area contributed by atoms with Crippen LogP contribution in [0.15, 0.2) is 30.3 Å². The molecule has 0 atom stereocenters. The third kappa shape index (κ3) is 2.89. The minimum atomic E-state index is 0.0164. The molecule has 0 aliphatic rings. The Bertz CT molecular complexity index is 554. The Morgan fingerprint density at radius 2 is 1.63 bits per heavy atom. The molecule has 0 spiro atoms. The van der Waals surface area contributed by atoms with Gasteiger partial charge in [-0.15, -0.1) is 0 Å². The maximum absolute atomic E-state index is 4.82. The van der Waals surface area contributed by atoms with Gasteiger partial charge >= 0.3 is 0 Å². The van der Waals surface area contributed by atoms with E-state index in [1.165, 1.54) is 16.8 Å². The van der Waals surface area contributed by atoms with E-state index in [4.69, 9.17) is 5.10 Å². The van der Waals surface area contributed by atoms with Gasteiger partial charge in [0.1, 0.15) is 0 Å². The molecule has 0 aliphatic heterocycles. The van der Waals surface area contributed by atoms with Gasteiger partial charge in [-0.1, -0.05) is 43.7 Å². The molecule has 0 fully saturated rings. The van der Waals surface area contributed by atoms with E-state index in [9.17, 15) is 0 Å². The van der Waals surface area contributed by atoms with E-state index in [1.807, 2.05) is 0 Å². The van der Waals surface area contributed by atoms with Crippen molar-refractivity contribution < 1.29 is 0 Å². The first-order valence-corrected chi connectivity index (χ1v) is 6.96. The third-order valence-corrected chi connectivity index (χ3v) is 3.31. The van der Waals surface area contributed by atoms with Crippen LogP contribution in [0.3, 0.4) is 0 Å². The minimum absolute atomic E-state index is 0.0164. The molecule has 2 rings (SSSR count). The van der Waals surface area contributed by atoms with Crippen molar-refractivity contribution in [1.29, 1.82) is 0 Å². The van der Waals surface area contributed by atoms with E-state index in [0.717, 1.165) is 5.69 Å². The molecular formula is C17H24N2. The smallest absolute Gasteiger partial charge is 0.0926 e. The quantitative estimate of drug-likeness (QED) is 0.759. The van der Waals surface area contributed by atoms with Crippen LogP contribution in [-0.4, -0.2) is 9.78 Å². The number of rotatable bonds is 2. The molecule has 2 aromatic rings. The van der Waals surface area contributed by atoms with Crippen molar-refractivity contribution in [2.24, 2.45) is 0 Å². The van der Waals surface area contributed by atoms with Crippen LogP contribution in [0.1, 0.15) is 51.8 Å². The predicted octanol–water partition coefficient (Wildman–Crippen LogP) is 4.74. The Morgan fingerprint density at radius 3 is 2.05 bits per heavy atom. The Hall–Kier alpha value is -1.57. The van der Waals surface area contributed by atoms with Crippen molar-refractivity contribution in [3.63, 3.8) is 0 Å². The number of nitrogens with zero attached hydrogens (tertiary/aromatic N) is 2. The summed E-state index contributed by atoms with van der Waals surface area (Å²) in [6, 6.07) is 10.8. The molecule has 1 aromatic heterocycles. The summed E-state index contributed by atoms with van der Waals surface area (Å²) in [7, 11) is 0. The minimum Gasteiger partial charge on any atom is -0.263 e. The van der Waals surface area contributed by atoms with Gasteiger partial charge in [-0.2, -0.15) is 5.10 Å². The average molecular weight is 256 g/mol. The summed E-state index contributed by atoms with van der Waals surface area (Å²) in [6.07, 6.45) is 0. The maximum atomic E-state index is 4.82. The summed E-state index contributed by atoms with van der Waals surface area (Å²) >= 11 is 0. The highest BCUT2D eigenvalue weighted by Crippen LogP contribution is 2.28. The average Bonchev–Trinajstić information content (AvgIpc) is 2.74. The van der Waals surface area contributed by atoms with Crippen LogP contribution in [0.5, 0.6) is 0 Å². The molecule has 1 aromatic carbocycles. The summed E-state index contributed by atoms with van der Waals surface area (Å²) in [5.74, 6) is 0.478. The van der Waals surface area contributed by atoms with Gasteiger partial charge in [-0.05, 0) is 39.7 Å². The van der Waals surface area contributed by atoms with Crippen LogP contribution in [0.4, 0.5) is 0 Å². The van der Waals surface area contributed by atoms with Crippen LogP contribution in [0.25, 0.3) is 11.3 Å². The molecule has 2 nitrogen and oxygen atoms in total. The second-order valence-corrected chi connectivity index (χ2v) is 6.56. The van der Waals surface area contributed by atoms with E-state index in [1.54, 1.807) is 0 Å². The fourth-order valence-electron chi connectivity index (χ4n) is 2.21. The standard InChI is InChI=1S/C17H24N2/c1-12(2)16-11-15(18-19(16)17(4,5)6)14-9-7-13(3)8-10-14/h7-12H,1-6H3. The van der Waals surface area contributed by atoms with E-state index < -0.39 is 0 Å². The van der Waals surface area contributed by atoms with Crippen molar-refractivity contribution in [2.75, 3.05) is 0 Å². The van der Waals surface area contributed by atoms with Crippen molar-refractivity contribution >= 4 is 0 Å². The molecule has 0 unspecified atom stereocenters. The highest BCUT2D eigenvalue weighted by atomic mass is 15.3. The summed E-state index contributed by atoms with van der Waals surface area (Å²) in [5.41, 5.74) is 4.85. The molecule has 0 amide bonds. The second kappa shape index (κ2) is 4.84. The fraction of sp³-hybridized carbons (Fsp3) is 0.471. The lowest BCUT2D eigenvalue weighted by molar-refractivity contribution is 0.339. The number of aromatic nitrogens is 2. The van der Waals surface area contributed by atoms with Gasteiger partial charge < -0.3 is 0 Å². The Labute approximate surface area is 116 Å². The van der Waals surface area contributed by atoms with Gasteiger partial charge in [-0.3, -0.25) is 4.68 Å². The molecule has 19 heavy (non-hydrogen) atoms. The number of hydrogen-bond donors (Lipinski definition) is 0. The van der Waals surface area contributed by atoms with Crippen LogP contribution in [-0.2, 0) is 5.54 Å². The first kappa shape index (κ1) is 13.9. The van der Waals surface area contributed by atoms with Gasteiger partial charge in [-0.25, -0.2) is 0 Å². The summed E-state index contributed by atoms with van der Waals surface area (Å²) in [4.78, 5) is 0. The highest BCUT2D eigenvalue weighted by Gasteiger charge is 2.21. The zero-order valence-electron chi connectivity index (χ0n) is 12.9. The zero-order chi connectivity index (χ0) is 14.2. The Balaban J connectivity index is 2.52. The second-order valence-electron chi connectivity index (χ2n) is 6.56. The maximum Gasteiger partial charge on any atom is 0.0926 e. The van der Waals surface area contributed by atoms with Gasteiger partial charge in [0.2, 0.25) is 0 Å². The molecule has 0 N–H and O–H groups in total. The molecule has 1 heterocycles. The van der Waals surface area contributed by atoms with Gasteiger partial charge in [0.05, 0.1) is 11.2 Å². The topological polar surface area (TPSA) is 17.8 Å². The molecule has 2 heteroatoms. The van der Waals surface area contributed by atoms with Crippen LogP contribution < -0.4 is 0 Å². The molecule has 0 bridgehead atoms. The van der Waals surface area contributed by atoms with Gasteiger partial charge in [0.15, 0.2) is 0 Å².